The van der Waals surface area contributed by atoms with Crippen LogP contribution in [0.3, 0.4) is 0 Å². The van der Waals surface area contributed by atoms with Crippen LogP contribution in [0.1, 0.15) is 43.7 Å². The summed E-state index contributed by atoms with van der Waals surface area (Å²) in [5.41, 5.74) is 2.87. The fourth-order valence-corrected chi connectivity index (χ4v) is 3.10. The smallest absolute Gasteiger partial charge is 0.0233 e. The summed E-state index contributed by atoms with van der Waals surface area (Å²) in [7, 11) is 4.36. The van der Waals surface area contributed by atoms with E-state index in [9.17, 15) is 0 Å². The zero-order valence-corrected chi connectivity index (χ0v) is 12.7. The first-order valence-corrected chi connectivity index (χ1v) is 7.68. The average molecular weight is 260 g/mol. The number of benzene rings is 1. The van der Waals surface area contributed by atoms with E-state index in [-0.39, 0.29) is 0 Å². The second-order valence-corrected chi connectivity index (χ2v) is 5.88. The molecule has 19 heavy (non-hydrogen) atoms. The van der Waals surface area contributed by atoms with Gasteiger partial charge >= 0.3 is 0 Å². The number of aryl methyl sites for hydroxylation is 1. The molecule has 1 aromatic rings. The van der Waals surface area contributed by atoms with Gasteiger partial charge in [-0.2, -0.15) is 0 Å². The Bertz CT molecular complexity index is 363. The summed E-state index contributed by atoms with van der Waals surface area (Å²) in [6.45, 7) is 3.29. The maximum Gasteiger partial charge on any atom is 0.0233 e. The van der Waals surface area contributed by atoms with Crippen molar-refractivity contribution >= 4 is 0 Å². The highest BCUT2D eigenvalue weighted by Crippen LogP contribution is 2.23. The Hall–Kier alpha value is -0.860. The predicted octanol–water partition coefficient (Wildman–Crippen LogP) is 3.21. The normalized spacial score (nSPS) is 23.8. The molecule has 1 aliphatic carbocycles. The van der Waals surface area contributed by atoms with Gasteiger partial charge in [0.1, 0.15) is 0 Å². The second kappa shape index (κ2) is 7.06. The van der Waals surface area contributed by atoms with Gasteiger partial charge in [0.05, 0.1) is 0 Å². The Kier molecular flexibility index (Phi) is 5.41. The van der Waals surface area contributed by atoms with Crippen LogP contribution in [0.5, 0.6) is 0 Å². The molecule has 1 N–H and O–H groups in total. The first-order valence-electron chi connectivity index (χ1n) is 7.68. The molecule has 0 aliphatic heterocycles. The lowest BCUT2D eigenvalue weighted by molar-refractivity contribution is 0.170. The topological polar surface area (TPSA) is 15.3 Å². The van der Waals surface area contributed by atoms with Crippen molar-refractivity contribution in [1.29, 1.82) is 0 Å². The van der Waals surface area contributed by atoms with E-state index in [1.54, 1.807) is 0 Å². The lowest BCUT2D eigenvalue weighted by atomic mass is 9.90. The van der Waals surface area contributed by atoms with Gasteiger partial charge in [-0.1, -0.05) is 31.2 Å². The maximum atomic E-state index is 3.41. The van der Waals surface area contributed by atoms with E-state index < -0.39 is 0 Å². The van der Waals surface area contributed by atoms with Crippen molar-refractivity contribution in [2.45, 2.75) is 57.7 Å². The molecule has 0 aromatic heterocycles. The van der Waals surface area contributed by atoms with Crippen molar-refractivity contribution in [3.63, 3.8) is 0 Å². The minimum atomic E-state index is 0.744. The third kappa shape index (κ3) is 4.05. The molecule has 0 atom stereocenters. The van der Waals surface area contributed by atoms with E-state index in [1.807, 2.05) is 0 Å². The third-order valence-electron chi connectivity index (χ3n) is 4.59. The lowest BCUT2D eigenvalue weighted by Gasteiger charge is -2.34. The minimum absolute atomic E-state index is 0.744. The molecule has 0 unspecified atom stereocenters. The number of hydrogen-bond donors (Lipinski definition) is 1. The largest absolute Gasteiger partial charge is 0.317 e. The number of nitrogens with zero attached hydrogens (tertiary/aromatic N) is 1. The van der Waals surface area contributed by atoms with Gasteiger partial charge in [-0.3, -0.25) is 4.90 Å². The summed E-state index contributed by atoms with van der Waals surface area (Å²) in [6, 6.07) is 10.6. The molecule has 1 aromatic carbocycles. The molecule has 1 aliphatic rings. The van der Waals surface area contributed by atoms with Gasteiger partial charge in [0.25, 0.3) is 0 Å². The Morgan fingerprint density at radius 2 is 1.63 bits per heavy atom. The summed E-state index contributed by atoms with van der Waals surface area (Å²) in [4.78, 5) is 2.53. The molecule has 1 saturated carbocycles. The molecule has 2 rings (SSSR count). The molecule has 2 nitrogen and oxygen atoms in total. The van der Waals surface area contributed by atoms with Crippen LogP contribution in [-0.2, 0) is 13.0 Å². The van der Waals surface area contributed by atoms with Crippen molar-refractivity contribution in [3.05, 3.63) is 35.4 Å². The number of nitrogens with one attached hydrogen (secondary N) is 1. The second-order valence-electron chi connectivity index (χ2n) is 5.88. The predicted molar refractivity (Wildman–Crippen MR) is 82.4 cm³/mol. The zero-order valence-electron chi connectivity index (χ0n) is 12.7. The number of hydrogen-bond acceptors (Lipinski definition) is 2. The van der Waals surface area contributed by atoms with Crippen LogP contribution >= 0.6 is 0 Å². The standard InChI is InChI=1S/C17H28N2/c1-4-14-5-7-15(8-6-14)13-19(3)17-11-9-16(18-2)10-12-17/h5-8,16-18H,4,9-13H2,1-3H3. The summed E-state index contributed by atoms with van der Waals surface area (Å²) in [6.07, 6.45) is 6.43. The van der Waals surface area contributed by atoms with Crippen LogP contribution in [0.15, 0.2) is 24.3 Å². The van der Waals surface area contributed by atoms with Crippen molar-refractivity contribution in [3.8, 4) is 0 Å². The van der Waals surface area contributed by atoms with Gasteiger partial charge in [0.15, 0.2) is 0 Å². The van der Waals surface area contributed by atoms with E-state index in [0.717, 1.165) is 25.0 Å². The summed E-state index contributed by atoms with van der Waals surface area (Å²) in [5, 5.41) is 3.41. The van der Waals surface area contributed by atoms with Gasteiger partial charge < -0.3 is 5.32 Å². The van der Waals surface area contributed by atoms with Crippen LogP contribution < -0.4 is 5.32 Å². The highest BCUT2D eigenvalue weighted by atomic mass is 15.1. The van der Waals surface area contributed by atoms with E-state index in [2.05, 4.69) is 55.5 Å². The molecule has 0 spiro atoms. The summed E-state index contributed by atoms with van der Waals surface area (Å²) >= 11 is 0. The van der Waals surface area contributed by atoms with Crippen molar-refractivity contribution in [1.82, 2.24) is 10.2 Å². The monoisotopic (exact) mass is 260 g/mol. The zero-order chi connectivity index (χ0) is 13.7. The van der Waals surface area contributed by atoms with Crippen molar-refractivity contribution in [2.75, 3.05) is 14.1 Å². The molecule has 0 heterocycles. The van der Waals surface area contributed by atoms with Gasteiger partial charge in [0, 0.05) is 18.6 Å². The lowest BCUT2D eigenvalue weighted by Crippen LogP contribution is -2.39. The quantitative estimate of drug-likeness (QED) is 0.874. The van der Waals surface area contributed by atoms with E-state index in [4.69, 9.17) is 0 Å². The Labute approximate surface area is 118 Å². The third-order valence-corrected chi connectivity index (χ3v) is 4.59. The van der Waals surface area contributed by atoms with Crippen LogP contribution in [0, 0.1) is 0 Å². The molecule has 0 radical (unpaired) electrons. The molecule has 106 valence electrons. The van der Waals surface area contributed by atoms with Crippen LogP contribution in [0.4, 0.5) is 0 Å². The maximum absolute atomic E-state index is 3.41. The molecule has 1 fully saturated rings. The molecule has 0 amide bonds. The Balaban J connectivity index is 1.84. The fourth-order valence-electron chi connectivity index (χ4n) is 3.10. The van der Waals surface area contributed by atoms with Crippen molar-refractivity contribution < 1.29 is 0 Å². The SMILES string of the molecule is CCc1ccc(CN(C)C2CCC(NC)CC2)cc1. The Morgan fingerprint density at radius 3 is 2.16 bits per heavy atom. The highest BCUT2D eigenvalue weighted by molar-refractivity contribution is 5.22. The first-order chi connectivity index (χ1) is 9.22. The van der Waals surface area contributed by atoms with E-state index in [1.165, 1.54) is 36.8 Å². The van der Waals surface area contributed by atoms with Gasteiger partial charge in [0.2, 0.25) is 0 Å². The Morgan fingerprint density at radius 1 is 1.05 bits per heavy atom. The van der Waals surface area contributed by atoms with E-state index >= 15 is 0 Å². The van der Waals surface area contributed by atoms with Crippen LogP contribution in [-0.4, -0.2) is 31.1 Å². The fraction of sp³-hybridized carbons (Fsp3) is 0.647. The molecule has 2 heteroatoms. The molecule has 0 bridgehead atoms. The number of rotatable bonds is 5. The van der Waals surface area contributed by atoms with Gasteiger partial charge in [-0.25, -0.2) is 0 Å². The van der Waals surface area contributed by atoms with Crippen molar-refractivity contribution in [2.24, 2.45) is 0 Å². The minimum Gasteiger partial charge on any atom is -0.317 e. The van der Waals surface area contributed by atoms with Gasteiger partial charge in [-0.15, -0.1) is 0 Å². The molecular formula is C17H28N2. The molecular weight excluding hydrogens is 232 g/mol. The highest BCUT2D eigenvalue weighted by Gasteiger charge is 2.22. The summed E-state index contributed by atoms with van der Waals surface area (Å²) < 4.78 is 0. The molecule has 0 saturated heterocycles. The summed E-state index contributed by atoms with van der Waals surface area (Å²) in [5.74, 6) is 0. The van der Waals surface area contributed by atoms with Crippen LogP contribution in [0.25, 0.3) is 0 Å². The van der Waals surface area contributed by atoms with E-state index in [0.29, 0.717) is 0 Å². The average Bonchev–Trinajstić information content (AvgIpc) is 2.48. The first kappa shape index (κ1) is 14.5. The van der Waals surface area contributed by atoms with Gasteiger partial charge in [-0.05, 0) is 57.3 Å². The van der Waals surface area contributed by atoms with Crippen LogP contribution in [0.2, 0.25) is 0 Å².